The molecular weight excluding hydrogens is 310 g/mol. The van der Waals surface area contributed by atoms with E-state index < -0.39 is 12.5 Å². The number of rotatable bonds is 4. The lowest BCUT2D eigenvalue weighted by Gasteiger charge is -2.24. The number of fused-ring (bicyclic) bond motifs is 2. The number of hydrogen-bond donors (Lipinski definition) is 4. The monoisotopic (exact) mass is 327 g/mol. The molecule has 0 radical (unpaired) electrons. The lowest BCUT2D eigenvalue weighted by Crippen LogP contribution is -2.27. The van der Waals surface area contributed by atoms with Gasteiger partial charge >= 0.3 is 0 Å². The summed E-state index contributed by atoms with van der Waals surface area (Å²) >= 11 is 0. The van der Waals surface area contributed by atoms with E-state index in [-0.39, 0.29) is 33.8 Å². The van der Waals surface area contributed by atoms with E-state index in [1.807, 2.05) is 0 Å². The van der Waals surface area contributed by atoms with E-state index in [4.69, 9.17) is 0 Å². The topological polar surface area (TPSA) is 112 Å². The molecule has 24 heavy (non-hydrogen) atoms. The molecule has 0 saturated carbocycles. The number of hydrogen-bond acceptors (Lipinski definition) is 7. The fraction of sp³-hybridized carbons (Fsp3) is 0.235. The highest BCUT2D eigenvalue weighted by molar-refractivity contribution is 6.31. The third kappa shape index (κ3) is 2.64. The molecule has 1 heterocycles. The first-order chi connectivity index (χ1) is 11.4. The highest BCUT2D eigenvalue weighted by Gasteiger charge is 2.34. The highest BCUT2D eigenvalue weighted by Crippen LogP contribution is 2.36. The van der Waals surface area contributed by atoms with Crippen molar-refractivity contribution in [1.82, 2.24) is 4.98 Å². The van der Waals surface area contributed by atoms with Crippen molar-refractivity contribution >= 4 is 22.9 Å². The summed E-state index contributed by atoms with van der Waals surface area (Å²) in [5.74, 6) is -0.690. The van der Waals surface area contributed by atoms with Crippen molar-refractivity contribution in [2.45, 2.75) is 26.3 Å². The Hall–Kier alpha value is -2.77. The quantitative estimate of drug-likeness (QED) is 0.535. The van der Waals surface area contributed by atoms with Gasteiger partial charge in [0.05, 0.1) is 16.7 Å². The maximum atomic E-state index is 12.9. The van der Waals surface area contributed by atoms with Crippen molar-refractivity contribution in [1.29, 1.82) is 0 Å². The molecule has 0 saturated heterocycles. The number of pyridine rings is 1. The third-order valence-corrected chi connectivity index (χ3v) is 3.70. The minimum atomic E-state index is -0.900. The summed E-state index contributed by atoms with van der Waals surface area (Å²) < 4.78 is 0. The first kappa shape index (κ1) is 16.1. The Morgan fingerprint density at radius 1 is 0.875 bits per heavy atom. The molecule has 2 atom stereocenters. The van der Waals surface area contributed by atoms with Gasteiger partial charge in [-0.05, 0) is 32.0 Å². The number of aromatic nitrogens is 1. The summed E-state index contributed by atoms with van der Waals surface area (Å²) in [7, 11) is 0. The second-order valence-corrected chi connectivity index (χ2v) is 5.63. The molecule has 1 aliphatic carbocycles. The van der Waals surface area contributed by atoms with E-state index in [9.17, 15) is 19.8 Å². The lowest BCUT2D eigenvalue weighted by molar-refractivity contribution is 0.0979. The van der Waals surface area contributed by atoms with Crippen LogP contribution >= 0.6 is 0 Å². The molecule has 0 bridgehead atoms. The van der Waals surface area contributed by atoms with Crippen LogP contribution in [0.3, 0.4) is 0 Å². The number of nitrogens with zero attached hydrogens (tertiary/aromatic N) is 1. The third-order valence-electron chi connectivity index (χ3n) is 3.70. The molecule has 7 nitrogen and oxygen atoms in total. The van der Waals surface area contributed by atoms with Crippen LogP contribution in [0, 0.1) is 0 Å². The number of nitrogens with one attached hydrogen (secondary N) is 2. The summed E-state index contributed by atoms with van der Waals surface area (Å²) in [4.78, 5) is 29.7. The van der Waals surface area contributed by atoms with Crippen LogP contribution in [-0.4, -0.2) is 39.2 Å². The number of carbonyl (C=O) groups is 2. The van der Waals surface area contributed by atoms with Crippen molar-refractivity contribution in [3.63, 3.8) is 0 Å². The largest absolute Gasteiger partial charge is 0.374 e. The predicted molar refractivity (Wildman–Crippen MR) is 88.2 cm³/mol. The molecule has 1 aromatic heterocycles. The number of carbonyl (C=O) groups excluding carboxylic acids is 2. The number of aliphatic hydroxyl groups excluding tert-OH is 2. The van der Waals surface area contributed by atoms with Gasteiger partial charge in [0, 0.05) is 29.3 Å². The van der Waals surface area contributed by atoms with Crippen LogP contribution in [-0.2, 0) is 0 Å². The van der Waals surface area contributed by atoms with Crippen LogP contribution in [0.1, 0.15) is 45.7 Å². The molecule has 4 N–H and O–H groups in total. The van der Waals surface area contributed by atoms with Crippen molar-refractivity contribution < 1.29 is 19.8 Å². The molecule has 0 spiro atoms. The first-order valence-corrected chi connectivity index (χ1v) is 7.49. The van der Waals surface area contributed by atoms with Gasteiger partial charge in [-0.25, -0.2) is 0 Å². The van der Waals surface area contributed by atoms with Gasteiger partial charge in [-0.1, -0.05) is 0 Å². The Morgan fingerprint density at radius 2 is 1.38 bits per heavy atom. The van der Waals surface area contributed by atoms with Crippen molar-refractivity contribution in [3.8, 4) is 0 Å². The van der Waals surface area contributed by atoms with E-state index in [1.165, 1.54) is 32.3 Å². The van der Waals surface area contributed by atoms with Crippen molar-refractivity contribution in [2.24, 2.45) is 0 Å². The van der Waals surface area contributed by atoms with E-state index in [2.05, 4.69) is 15.6 Å². The van der Waals surface area contributed by atoms with Crippen molar-refractivity contribution in [2.75, 3.05) is 10.6 Å². The van der Waals surface area contributed by atoms with E-state index in [0.717, 1.165) is 0 Å². The van der Waals surface area contributed by atoms with Gasteiger partial charge in [-0.2, -0.15) is 0 Å². The van der Waals surface area contributed by atoms with Crippen LogP contribution < -0.4 is 10.6 Å². The van der Waals surface area contributed by atoms with Gasteiger partial charge in [0.2, 0.25) is 0 Å². The maximum Gasteiger partial charge on any atom is 0.198 e. The maximum absolute atomic E-state index is 12.9. The Morgan fingerprint density at radius 3 is 1.88 bits per heavy atom. The van der Waals surface area contributed by atoms with Crippen LogP contribution in [0.4, 0.5) is 11.4 Å². The first-order valence-electron chi connectivity index (χ1n) is 7.49. The smallest absolute Gasteiger partial charge is 0.198 e. The Labute approximate surface area is 138 Å². The van der Waals surface area contributed by atoms with E-state index >= 15 is 0 Å². The van der Waals surface area contributed by atoms with E-state index in [1.54, 1.807) is 12.1 Å². The standard InChI is InChI=1S/C17H17N3O4/c1-8(21)19-12-3-4-13(20-9(2)22)15-14(12)16(23)10-5-6-18-7-11(10)17(15)24/h3-9,19-22H,1-2H3. The summed E-state index contributed by atoms with van der Waals surface area (Å²) in [6.45, 7) is 3.03. The molecule has 3 rings (SSSR count). The minimum absolute atomic E-state index is 0.159. The predicted octanol–water partition coefficient (Wildman–Crippen LogP) is 1.36. The Kier molecular flexibility index (Phi) is 4.04. The van der Waals surface area contributed by atoms with Gasteiger partial charge < -0.3 is 20.8 Å². The molecule has 1 aromatic carbocycles. The minimum Gasteiger partial charge on any atom is -0.374 e. The van der Waals surface area contributed by atoms with Gasteiger partial charge in [0.1, 0.15) is 12.5 Å². The fourth-order valence-electron chi connectivity index (χ4n) is 2.81. The zero-order valence-electron chi connectivity index (χ0n) is 13.2. The molecular formula is C17H17N3O4. The summed E-state index contributed by atoms with van der Waals surface area (Å²) in [6.07, 6.45) is 1.02. The lowest BCUT2D eigenvalue weighted by atomic mass is 9.83. The number of anilines is 2. The van der Waals surface area contributed by atoms with Crippen LogP contribution in [0.25, 0.3) is 0 Å². The average molecular weight is 327 g/mol. The Balaban J connectivity index is 2.26. The molecule has 2 aromatic rings. The zero-order chi connectivity index (χ0) is 17.4. The summed E-state index contributed by atoms with van der Waals surface area (Å²) in [6, 6.07) is 4.68. The van der Waals surface area contributed by atoms with Crippen LogP contribution in [0.15, 0.2) is 30.6 Å². The average Bonchev–Trinajstić information content (AvgIpc) is 2.53. The van der Waals surface area contributed by atoms with Gasteiger partial charge in [0.15, 0.2) is 11.6 Å². The number of ketones is 2. The second kappa shape index (κ2) is 6.03. The fourth-order valence-corrected chi connectivity index (χ4v) is 2.81. The van der Waals surface area contributed by atoms with E-state index in [0.29, 0.717) is 11.4 Å². The number of aliphatic hydroxyl groups is 2. The number of benzene rings is 1. The summed E-state index contributed by atoms with van der Waals surface area (Å²) in [5.41, 5.74) is 1.53. The van der Waals surface area contributed by atoms with Crippen LogP contribution in [0.5, 0.6) is 0 Å². The summed E-state index contributed by atoms with van der Waals surface area (Å²) in [5, 5.41) is 24.7. The normalized spacial score (nSPS) is 15.3. The second-order valence-electron chi connectivity index (χ2n) is 5.63. The molecule has 0 amide bonds. The molecule has 0 aliphatic heterocycles. The molecule has 0 fully saturated rings. The Bertz CT molecular complexity index is 763. The molecule has 124 valence electrons. The van der Waals surface area contributed by atoms with Gasteiger partial charge in [0.25, 0.3) is 0 Å². The SMILES string of the molecule is CC(O)Nc1ccc(NC(C)O)c2c1C(=O)c1ccncc1C2=O. The molecule has 2 unspecified atom stereocenters. The van der Waals surface area contributed by atoms with Crippen molar-refractivity contribution in [3.05, 3.63) is 52.8 Å². The van der Waals surface area contributed by atoms with Gasteiger partial charge in [-0.3, -0.25) is 14.6 Å². The molecule has 1 aliphatic rings. The van der Waals surface area contributed by atoms with Gasteiger partial charge in [-0.15, -0.1) is 0 Å². The highest BCUT2D eigenvalue weighted by atomic mass is 16.3. The molecule has 7 heteroatoms. The van der Waals surface area contributed by atoms with Crippen LogP contribution in [0.2, 0.25) is 0 Å². The zero-order valence-corrected chi connectivity index (χ0v) is 13.2.